The third kappa shape index (κ3) is 2.86. The van der Waals surface area contributed by atoms with E-state index in [0.29, 0.717) is 0 Å². The largest absolute Gasteiger partial charge is 0.305 e. The van der Waals surface area contributed by atoms with E-state index >= 15 is 0 Å². The molecule has 0 radical (unpaired) electrons. The average molecular weight is 404 g/mol. The monoisotopic (exact) mass is 403 g/mol. The highest BCUT2D eigenvalue weighted by Crippen LogP contribution is 2.39. The lowest BCUT2D eigenvalue weighted by Crippen LogP contribution is -2.28. The van der Waals surface area contributed by atoms with Gasteiger partial charge in [0.2, 0.25) is 0 Å². The van der Waals surface area contributed by atoms with Crippen LogP contribution in [0.5, 0.6) is 0 Å². The molecule has 0 N–H and O–H groups in total. The minimum absolute atomic E-state index is 0.893. The maximum absolute atomic E-state index is 4.95. The predicted octanol–water partition coefficient (Wildman–Crippen LogP) is 4.01. The third-order valence-corrected chi connectivity index (χ3v) is 6.60. The summed E-state index contributed by atoms with van der Waals surface area (Å²) in [5.41, 5.74) is 5.55. The van der Waals surface area contributed by atoms with Gasteiger partial charge < -0.3 is 9.47 Å². The van der Waals surface area contributed by atoms with Gasteiger partial charge in [0.05, 0.1) is 29.6 Å². The minimum atomic E-state index is 0.893. The number of fused-ring (bicyclic) bond motifs is 3. The zero-order valence-electron chi connectivity index (χ0n) is 16.0. The van der Waals surface area contributed by atoms with Crippen LogP contribution in [-0.4, -0.2) is 35.8 Å². The molecule has 7 nitrogen and oxygen atoms in total. The minimum Gasteiger partial charge on any atom is -0.305 e. The van der Waals surface area contributed by atoms with Crippen LogP contribution in [0.3, 0.4) is 0 Å². The molecular formula is C21H21N7S. The molecule has 0 unspecified atom stereocenters. The van der Waals surface area contributed by atoms with Crippen LogP contribution in [0.15, 0.2) is 42.4 Å². The normalized spacial score (nSPS) is 15.9. The first-order chi connectivity index (χ1) is 14.4. The van der Waals surface area contributed by atoms with E-state index in [9.17, 15) is 0 Å². The zero-order chi connectivity index (χ0) is 19.2. The van der Waals surface area contributed by atoms with Gasteiger partial charge in [0.1, 0.15) is 11.5 Å². The van der Waals surface area contributed by atoms with Crippen molar-refractivity contribution in [1.29, 1.82) is 0 Å². The predicted molar refractivity (Wildman–Crippen MR) is 113 cm³/mol. The van der Waals surface area contributed by atoms with Crippen LogP contribution >= 0.6 is 11.3 Å². The van der Waals surface area contributed by atoms with Gasteiger partial charge >= 0.3 is 0 Å². The van der Waals surface area contributed by atoms with Gasteiger partial charge in [0.15, 0.2) is 5.13 Å². The van der Waals surface area contributed by atoms with E-state index in [1.165, 1.54) is 29.9 Å². The molecule has 0 fully saturated rings. The summed E-state index contributed by atoms with van der Waals surface area (Å²) in [5, 5.41) is 8.04. The second-order valence-electron chi connectivity index (χ2n) is 7.57. The Morgan fingerprint density at radius 1 is 1.00 bits per heavy atom. The number of nitrogens with zero attached hydrogens (tertiary/aromatic N) is 7. The van der Waals surface area contributed by atoms with Crippen molar-refractivity contribution in [2.75, 3.05) is 11.4 Å². The van der Waals surface area contributed by atoms with Gasteiger partial charge in [-0.05, 0) is 44.2 Å². The molecule has 4 aromatic heterocycles. The average Bonchev–Trinajstić information content (AvgIpc) is 3.53. The second kappa shape index (κ2) is 6.81. The first-order valence-electron chi connectivity index (χ1n) is 10.1. The Balaban J connectivity index is 1.32. The van der Waals surface area contributed by atoms with E-state index < -0.39 is 0 Å². The molecule has 0 saturated heterocycles. The molecule has 6 rings (SSSR count). The summed E-state index contributed by atoms with van der Waals surface area (Å²) in [4.78, 5) is 16.0. The van der Waals surface area contributed by atoms with Crippen LogP contribution in [0.4, 0.5) is 10.9 Å². The standard InChI is InChI=1S/C21H21N7S/c1-2-5-17-16(4-1)20-27(9-3-10-28(20)25-17)21-24-19(13-29-21)18-7-6-15(12-23-18)26-11-8-22-14-26/h6-8,11-14H,1-5,9-10H2. The molecule has 1 aliphatic carbocycles. The number of anilines is 2. The Hall–Kier alpha value is -3.00. The van der Waals surface area contributed by atoms with E-state index in [4.69, 9.17) is 10.1 Å². The second-order valence-corrected chi connectivity index (χ2v) is 8.41. The fourth-order valence-corrected chi connectivity index (χ4v) is 5.17. The number of aromatic nitrogens is 6. The van der Waals surface area contributed by atoms with Crippen LogP contribution < -0.4 is 4.90 Å². The Morgan fingerprint density at radius 3 is 2.83 bits per heavy atom. The number of hydrogen-bond donors (Lipinski definition) is 0. The van der Waals surface area contributed by atoms with Crippen LogP contribution in [-0.2, 0) is 19.4 Å². The first kappa shape index (κ1) is 16.9. The summed E-state index contributed by atoms with van der Waals surface area (Å²) in [7, 11) is 0. The number of imidazole rings is 1. The van der Waals surface area contributed by atoms with Crippen LogP contribution in [0.25, 0.3) is 17.1 Å². The smallest absolute Gasteiger partial charge is 0.191 e. The lowest BCUT2D eigenvalue weighted by molar-refractivity contribution is 0.536. The molecule has 5 heterocycles. The highest BCUT2D eigenvalue weighted by atomic mass is 32.1. The lowest BCUT2D eigenvalue weighted by Gasteiger charge is -2.28. The van der Waals surface area contributed by atoms with Crippen molar-refractivity contribution in [3.05, 3.63) is 53.7 Å². The Labute approximate surface area is 172 Å². The van der Waals surface area contributed by atoms with E-state index in [-0.39, 0.29) is 0 Å². The molecule has 1 aliphatic heterocycles. The van der Waals surface area contributed by atoms with E-state index in [0.717, 1.165) is 54.6 Å². The molecule has 29 heavy (non-hydrogen) atoms. The molecule has 2 aliphatic rings. The van der Waals surface area contributed by atoms with Crippen molar-refractivity contribution >= 4 is 22.3 Å². The maximum atomic E-state index is 4.95. The van der Waals surface area contributed by atoms with Crippen LogP contribution in [0, 0.1) is 0 Å². The molecule has 4 aromatic rings. The van der Waals surface area contributed by atoms with Crippen LogP contribution in [0.2, 0.25) is 0 Å². The van der Waals surface area contributed by atoms with E-state index in [1.807, 2.05) is 23.0 Å². The highest BCUT2D eigenvalue weighted by Gasteiger charge is 2.29. The Bertz CT molecular complexity index is 1140. The van der Waals surface area contributed by atoms with Gasteiger partial charge in [0, 0.05) is 36.4 Å². The highest BCUT2D eigenvalue weighted by molar-refractivity contribution is 7.14. The molecule has 0 spiro atoms. The number of rotatable bonds is 3. The number of thiazole rings is 1. The van der Waals surface area contributed by atoms with Crippen molar-refractivity contribution in [3.63, 3.8) is 0 Å². The fourth-order valence-electron chi connectivity index (χ4n) is 4.33. The van der Waals surface area contributed by atoms with Gasteiger partial charge in [-0.3, -0.25) is 4.98 Å². The summed E-state index contributed by atoms with van der Waals surface area (Å²) in [6.45, 7) is 2.01. The molecule has 0 bridgehead atoms. The molecule has 8 heteroatoms. The van der Waals surface area contributed by atoms with Crippen molar-refractivity contribution in [1.82, 2.24) is 29.3 Å². The van der Waals surface area contributed by atoms with Crippen molar-refractivity contribution in [3.8, 4) is 17.1 Å². The summed E-state index contributed by atoms with van der Waals surface area (Å²) < 4.78 is 4.15. The van der Waals surface area contributed by atoms with Crippen molar-refractivity contribution in [2.45, 2.75) is 38.6 Å². The zero-order valence-corrected chi connectivity index (χ0v) is 16.8. The van der Waals surface area contributed by atoms with Crippen LogP contribution in [0.1, 0.15) is 30.5 Å². The lowest BCUT2D eigenvalue weighted by atomic mass is 9.97. The van der Waals surface area contributed by atoms with Gasteiger partial charge in [-0.25, -0.2) is 14.6 Å². The summed E-state index contributed by atoms with van der Waals surface area (Å²) in [6, 6.07) is 4.08. The summed E-state index contributed by atoms with van der Waals surface area (Å²) in [6.07, 6.45) is 13.2. The molecule has 0 saturated carbocycles. The number of aryl methyl sites for hydroxylation is 2. The van der Waals surface area contributed by atoms with Crippen molar-refractivity contribution < 1.29 is 0 Å². The quantitative estimate of drug-likeness (QED) is 0.517. The molecule has 0 atom stereocenters. The van der Waals surface area contributed by atoms with Gasteiger partial charge in [-0.2, -0.15) is 5.10 Å². The van der Waals surface area contributed by atoms with Gasteiger partial charge in [-0.1, -0.05) is 0 Å². The molecule has 146 valence electrons. The summed E-state index contributed by atoms with van der Waals surface area (Å²) >= 11 is 1.69. The fraction of sp³-hybridized carbons (Fsp3) is 0.333. The first-order valence-corrected chi connectivity index (χ1v) is 11.0. The third-order valence-electron chi connectivity index (χ3n) is 5.74. The molecular weight excluding hydrogens is 382 g/mol. The number of hydrogen-bond acceptors (Lipinski definition) is 6. The maximum Gasteiger partial charge on any atom is 0.191 e. The van der Waals surface area contributed by atoms with E-state index in [1.54, 1.807) is 23.9 Å². The van der Waals surface area contributed by atoms with Gasteiger partial charge in [-0.15, -0.1) is 11.3 Å². The molecule has 0 amide bonds. The summed E-state index contributed by atoms with van der Waals surface area (Å²) in [5.74, 6) is 1.27. The van der Waals surface area contributed by atoms with Crippen molar-refractivity contribution in [2.24, 2.45) is 0 Å². The Kier molecular flexibility index (Phi) is 3.97. The van der Waals surface area contributed by atoms with E-state index in [2.05, 4.69) is 31.0 Å². The topological polar surface area (TPSA) is 64.7 Å². The SMILES string of the molecule is c1cn(-c2ccc(-c3csc(N4CCCn5nc6c(c54)CCCC6)n3)nc2)cn1. The molecule has 0 aromatic carbocycles. The Morgan fingerprint density at radius 2 is 1.97 bits per heavy atom. The van der Waals surface area contributed by atoms with Gasteiger partial charge in [0.25, 0.3) is 0 Å². The number of pyridine rings is 1.